The van der Waals surface area contributed by atoms with Gasteiger partial charge in [0.05, 0.1) is 35.9 Å². The Balaban J connectivity index is 1.29. The molecule has 3 aromatic carbocycles. The van der Waals surface area contributed by atoms with Gasteiger partial charge in [-0.1, -0.05) is 13.8 Å². The molecule has 438 valence electrons. The van der Waals surface area contributed by atoms with E-state index in [1.807, 2.05) is 32.8 Å². The van der Waals surface area contributed by atoms with Crippen LogP contribution in [0.4, 0.5) is 0 Å². The summed E-state index contributed by atoms with van der Waals surface area (Å²) in [5, 5.41) is 64.8. The van der Waals surface area contributed by atoms with Gasteiger partial charge in [-0.15, -0.1) is 0 Å². The van der Waals surface area contributed by atoms with Crippen LogP contribution >= 0.6 is 7.26 Å². The number of aliphatic hydroxyl groups excluding tert-OH is 3. The topological polar surface area (TPSA) is 197 Å². The van der Waals surface area contributed by atoms with Crippen LogP contribution in [0.2, 0.25) is 0 Å². The molecule has 0 saturated carbocycles. The Hall–Kier alpha value is -3.41. The minimum absolute atomic E-state index is 0.0599. The first-order valence-corrected chi connectivity index (χ1v) is 31.0. The molecule has 3 heterocycles. The van der Waals surface area contributed by atoms with Crippen LogP contribution in [0.5, 0.6) is 0 Å². The van der Waals surface area contributed by atoms with E-state index in [-0.39, 0.29) is 50.3 Å². The molecule has 5 N–H and O–H groups in total. The second kappa shape index (κ2) is 27.6. The third-order valence-electron chi connectivity index (χ3n) is 17.7. The van der Waals surface area contributed by atoms with Gasteiger partial charge in [-0.25, -0.2) is 0 Å². The van der Waals surface area contributed by atoms with E-state index in [1.54, 1.807) is 53.4 Å². The average Bonchev–Trinajstić information content (AvgIpc) is 3.49. The summed E-state index contributed by atoms with van der Waals surface area (Å²) in [7, 11) is 2.83. The van der Waals surface area contributed by atoms with Gasteiger partial charge in [0, 0.05) is 25.5 Å². The van der Waals surface area contributed by atoms with Gasteiger partial charge in [-0.2, -0.15) is 0 Å². The van der Waals surface area contributed by atoms with E-state index in [1.165, 1.54) is 29.9 Å². The molecule has 6 rings (SSSR count). The van der Waals surface area contributed by atoms with Crippen LogP contribution in [-0.2, 0) is 38.0 Å². The van der Waals surface area contributed by atoms with Crippen molar-refractivity contribution >= 4 is 35.1 Å². The normalized spacial score (nSPS) is 37.0. The minimum atomic E-state index is -2.43. The number of methoxy groups -OCH3 is 1. The molecule has 0 radical (unpaired) electrons. The summed E-state index contributed by atoms with van der Waals surface area (Å²) < 4.78 is 38.3. The van der Waals surface area contributed by atoms with Crippen LogP contribution in [0.15, 0.2) is 91.0 Å². The number of carbonyl (C=O) groups excluding carboxylic acids is 2. The molecule has 3 aliphatic heterocycles. The first-order valence-electron chi connectivity index (χ1n) is 28.8. The number of benzene rings is 3. The molecule has 3 saturated heterocycles. The number of carbonyl (C=O) groups is 2. The van der Waals surface area contributed by atoms with Gasteiger partial charge in [0.15, 0.2) is 12.6 Å². The van der Waals surface area contributed by atoms with E-state index in [0.29, 0.717) is 12.8 Å². The molecule has 3 aromatic rings. The Bertz CT molecular complexity index is 2220. The standard InChI is InChI=1S/C62H97N2O13P/c1-14-50-62(10,71)55(67)44(6)64(51(65)34-26-15-16-27-35-78(46-28-20-17-21-29-46,47-30-22-18-23-31-47)48-32-24-19-25-33-48)39-40(2)37-60(8,70)57(77-59-53(66)49(63(11)12)36-41(3)73-59)42(4)54(43(5)58(69)75-50)76-52-38-61(9,72-13)56(68)45(7)74-52/h17-25,28-33,40-45,49-50,52-57,59,66-68,70-71,78H,14-16,26-27,34-39H2,1-13H3/t40-,41-,42+,43-,44-,45+,49+,50-,52+,53-,54+,55-,56+,57-,59+,60-,61-,62-/m1/s1. The van der Waals surface area contributed by atoms with E-state index in [9.17, 15) is 35.1 Å². The molecular formula is C62H97N2O13P. The van der Waals surface area contributed by atoms with E-state index in [4.69, 9.17) is 28.4 Å². The zero-order valence-electron chi connectivity index (χ0n) is 49.0. The van der Waals surface area contributed by atoms with Gasteiger partial charge in [0.1, 0.15) is 12.2 Å². The average molecular weight is 1110 g/mol. The molecule has 78 heavy (non-hydrogen) atoms. The van der Waals surface area contributed by atoms with Gasteiger partial charge >= 0.3 is 253 Å². The predicted octanol–water partition coefficient (Wildman–Crippen LogP) is 6.47. The van der Waals surface area contributed by atoms with Crippen LogP contribution in [0.1, 0.15) is 127 Å². The van der Waals surface area contributed by atoms with Gasteiger partial charge in [-0.3, -0.25) is 4.79 Å². The summed E-state index contributed by atoms with van der Waals surface area (Å²) in [5.74, 6) is -3.33. The summed E-state index contributed by atoms with van der Waals surface area (Å²) in [6.45, 7) is 17.4. The number of hydrogen-bond donors (Lipinski definition) is 5. The Morgan fingerprint density at radius 1 is 0.769 bits per heavy atom. The Labute approximate surface area is 466 Å². The number of nitrogens with zero attached hydrogens (tertiary/aromatic N) is 2. The van der Waals surface area contributed by atoms with Gasteiger partial charge in [-0.05, 0) is 61.6 Å². The van der Waals surface area contributed by atoms with Crippen molar-refractivity contribution in [1.82, 2.24) is 9.80 Å². The second-order valence-electron chi connectivity index (χ2n) is 24.2. The number of amides is 1. The number of hydrogen-bond acceptors (Lipinski definition) is 14. The Morgan fingerprint density at radius 2 is 1.32 bits per heavy atom. The molecule has 1 amide bonds. The molecule has 18 atom stereocenters. The molecule has 0 spiro atoms. The molecule has 3 fully saturated rings. The third kappa shape index (κ3) is 14.6. The van der Waals surface area contributed by atoms with Crippen molar-refractivity contribution in [1.29, 1.82) is 0 Å². The van der Waals surface area contributed by atoms with Gasteiger partial charge in [0.2, 0.25) is 0 Å². The van der Waals surface area contributed by atoms with Crippen molar-refractivity contribution in [3.05, 3.63) is 91.0 Å². The summed E-state index contributed by atoms with van der Waals surface area (Å²) in [6.07, 6.45) is -5.17. The number of rotatable bonds is 17. The van der Waals surface area contributed by atoms with Crippen LogP contribution in [0.3, 0.4) is 0 Å². The second-order valence-corrected chi connectivity index (χ2v) is 28.2. The van der Waals surface area contributed by atoms with Crippen molar-refractivity contribution in [2.75, 3.05) is 33.9 Å². The number of ether oxygens (including phenoxy) is 6. The zero-order valence-corrected chi connectivity index (χ0v) is 50.0. The fraction of sp³-hybridized carbons (Fsp3) is 0.677. The van der Waals surface area contributed by atoms with E-state index < -0.39 is 109 Å². The van der Waals surface area contributed by atoms with Crippen molar-refractivity contribution in [3.63, 3.8) is 0 Å². The molecule has 0 aromatic heterocycles. The fourth-order valence-electron chi connectivity index (χ4n) is 13.1. The molecule has 0 bridgehead atoms. The van der Waals surface area contributed by atoms with Gasteiger partial charge < -0.3 is 48.6 Å². The van der Waals surface area contributed by atoms with Gasteiger partial charge in [0.25, 0.3) is 0 Å². The van der Waals surface area contributed by atoms with E-state index >= 15 is 0 Å². The summed E-state index contributed by atoms with van der Waals surface area (Å²) in [4.78, 5) is 33.1. The van der Waals surface area contributed by atoms with E-state index in [0.717, 1.165) is 25.4 Å². The molecule has 16 heteroatoms. The Morgan fingerprint density at radius 3 is 1.85 bits per heavy atom. The maximum absolute atomic E-state index is 14.8. The first-order chi connectivity index (χ1) is 36.8. The molecule has 0 unspecified atom stereocenters. The van der Waals surface area contributed by atoms with Crippen molar-refractivity contribution in [3.8, 4) is 0 Å². The number of esters is 1. The number of aliphatic hydroxyl groups is 5. The SMILES string of the molecule is CC[C@H]1OC(=O)[C@H](C)[C@@H](O[C@H]2C[C@@](C)(OC)[C@@H](O)[C@H](C)O2)[C@H](C)[C@@H](O[C@@H]2O[C@H](C)C[C@H](N(C)C)[C@H]2O)[C@](C)(O)C[C@@H](C)CN(C(=O)CCCCCC[PH](c2ccccc2)(c2ccccc2)c2ccccc2)[C@H](C)[C@@H](O)[C@]1(C)O. The first kappa shape index (κ1) is 63.8. The number of unbranched alkanes of at least 4 members (excludes halogenated alkanes) is 3. The molecule has 15 nitrogen and oxygen atoms in total. The molecule has 0 aliphatic carbocycles. The maximum atomic E-state index is 14.8. The summed E-state index contributed by atoms with van der Waals surface area (Å²) >= 11 is 0. The fourth-order valence-corrected chi connectivity index (χ4v) is 18.0. The van der Waals surface area contributed by atoms with Crippen LogP contribution in [0.25, 0.3) is 0 Å². The molecule has 3 aliphatic rings. The van der Waals surface area contributed by atoms with Crippen LogP contribution in [-0.4, -0.2) is 171 Å². The van der Waals surface area contributed by atoms with Crippen molar-refractivity contribution in [2.45, 2.75) is 217 Å². The summed E-state index contributed by atoms with van der Waals surface area (Å²) in [6, 6.07) is 31.3. The third-order valence-corrected chi connectivity index (χ3v) is 22.8. The number of cyclic esters (lactones) is 1. The van der Waals surface area contributed by atoms with Crippen LogP contribution in [0, 0.1) is 17.8 Å². The van der Waals surface area contributed by atoms with Crippen molar-refractivity contribution in [2.24, 2.45) is 17.8 Å². The predicted molar refractivity (Wildman–Crippen MR) is 308 cm³/mol. The summed E-state index contributed by atoms with van der Waals surface area (Å²) in [5.41, 5.74) is -4.83. The Kier molecular flexibility index (Phi) is 22.5. The van der Waals surface area contributed by atoms with Crippen LogP contribution < -0.4 is 15.9 Å². The number of likely N-dealkylation sites (N-methyl/N-ethyl adjacent to an activating group) is 1. The van der Waals surface area contributed by atoms with Crippen molar-refractivity contribution < 1.29 is 63.5 Å². The molecular weight excluding hydrogens is 1010 g/mol. The van der Waals surface area contributed by atoms with E-state index in [2.05, 4.69) is 91.0 Å². The monoisotopic (exact) mass is 1110 g/mol. The zero-order chi connectivity index (χ0) is 57.3. The quantitative estimate of drug-likeness (QED) is 0.0560.